The van der Waals surface area contributed by atoms with Crippen molar-refractivity contribution >= 4 is 26.0 Å². The lowest BCUT2D eigenvalue weighted by Gasteiger charge is -2.37. The summed E-state index contributed by atoms with van der Waals surface area (Å²) < 4.78 is 28.6. The third-order valence-electron chi connectivity index (χ3n) is 3.91. The molecule has 20 heavy (non-hydrogen) atoms. The van der Waals surface area contributed by atoms with E-state index in [0.29, 0.717) is 19.0 Å². The molecule has 2 N–H and O–H groups in total. The predicted octanol–water partition coefficient (Wildman–Crippen LogP) is 0.716. The summed E-state index contributed by atoms with van der Waals surface area (Å²) in [6.45, 7) is 2.96. The zero-order valence-electron chi connectivity index (χ0n) is 11.7. The van der Waals surface area contributed by atoms with Crippen molar-refractivity contribution in [3.63, 3.8) is 0 Å². The van der Waals surface area contributed by atoms with Crippen LogP contribution in [0.1, 0.15) is 26.2 Å². The lowest BCUT2D eigenvalue weighted by Crippen LogP contribution is -2.49. The van der Waals surface area contributed by atoms with Crippen molar-refractivity contribution in [2.24, 2.45) is 18.7 Å². The van der Waals surface area contributed by atoms with E-state index in [1.54, 1.807) is 7.05 Å². The van der Waals surface area contributed by atoms with E-state index >= 15 is 0 Å². The van der Waals surface area contributed by atoms with Gasteiger partial charge in [-0.25, -0.2) is 13.1 Å². The molecule has 1 fully saturated rings. The smallest absolute Gasteiger partial charge is 0.263 e. The summed E-state index contributed by atoms with van der Waals surface area (Å²) in [5.41, 5.74) is 5.78. The van der Waals surface area contributed by atoms with Gasteiger partial charge in [0.25, 0.3) is 10.0 Å². The van der Waals surface area contributed by atoms with Crippen LogP contribution in [0.15, 0.2) is 9.63 Å². The van der Waals surface area contributed by atoms with Crippen molar-refractivity contribution in [1.29, 1.82) is 0 Å². The zero-order valence-corrected chi connectivity index (χ0v) is 14.1. The second-order valence-electron chi connectivity index (χ2n) is 5.11. The number of hydrogen-bond donors (Lipinski definition) is 1. The predicted molar refractivity (Wildman–Crippen MR) is 78.5 cm³/mol. The summed E-state index contributed by atoms with van der Waals surface area (Å²) in [7, 11) is -2.06. The molecule has 1 aromatic heterocycles. The van der Waals surface area contributed by atoms with Gasteiger partial charge >= 0.3 is 0 Å². The Bertz CT molecular complexity index is 554. The average molecular weight is 366 g/mol. The van der Waals surface area contributed by atoms with E-state index in [9.17, 15) is 8.42 Å². The van der Waals surface area contributed by atoms with Crippen LogP contribution in [0, 0.1) is 5.92 Å². The highest BCUT2D eigenvalue weighted by Crippen LogP contribution is 2.31. The first-order valence-electron chi connectivity index (χ1n) is 6.68. The molecular formula is C11H20BrN5O2S. The minimum Gasteiger partial charge on any atom is -0.329 e. The van der Waals surface area contributed by atoms with Crippen molar-refractivity contribution < 1.29 is 8.42 Å². The number of aryl methyl sites for hydroxylation is 1. The number of piperidine rings is 1. The highest BCUT2D eigenvalue weighted by atomic mass is 79.9. The molecule has 0 saturated carbocycles. The van der Waals surface area contributed by atoms with E-state index in [4.69, 9.17) is 5.73 Å². The molecule has 0 aliphatic carbocycles. The molecule has 0 amide bonds. The first kappa shape index (κ1) is 15.9. The molecule has 1 aliphatic heterocycles. The zero-order chi connectivity index (χ0) is 14.9. The second kappa shape index (κ2) is 6.08. The molecule has 1 saturated heterocycles. The maximum atomic E-state index is 12.8. The fraction of sp³-hybridized carbons (Fsp3) is 0.818. The molecule has 0 spiro atoms. The van der Waals surface area contributed by atoms with Gasteiger partial charge in [-0.3, -0.25) is 0 Å². The van der Waals surface area contributed by atoms with Gasteiger partial charge < -0.3 is 5.73 Å². The third-order valence-corrected chi connectivity index (χ3v) is 6.75. The van der Waals surface area contributed by atoms with Gasteiger partial charge in [0.2, 0.25) is 5.03 Å². The molecule has 2 atom stereocenters. The summed E-state index contributed by atoms with van der Waals surface area (Å²) in [6.07, 6.45) is 2.74. The Kier molecular flexibility index (Phi) is 4.83. The van der Waals surface area contributed by atoms with Gasteiger partial charge in [0.05, 0.1) is 0 Å². The van der Waals surface area contributed by atoms with Crippen LogP contribution in [0.2, 0.25) is 0 Å². The topological polar surface area (TPSA) is 94.1 Å². The second-order valence-corrected chi connectivity index (χ2v) is 7.67. The van der Waals surface area contributed by atoms with Gasteiger partial charge in [-0.2, -0.15) is 4.31 Å². The first-order valence-corrected chi connectivity index (χ1v) is 8.92. The Morgan fingerprint density at radius 3 is 2.70 bits per heavy atom. The number of nitrogens with zero attached hydrogens (tertiary/aromatic N) is 4. The normalized spacial score (nSPS) is 25.0. The molecule has 114 valence electrons. The van der Waals surface area contributed by atoms with Crippen LogP contribution in [0.25, 0.3) is 0 Å². The third kappa shape index (κ3) is 2.76. The average Bonchev–Trinajstić information content (AvgIpc) is 2.77. The minimum absolute atomic E-state index is 0.0888. The Morgan fingerprint density at radius 2 is 2.20 bits per heavy atom. The van der Waals surface area contributed by atoms with Crippen molar-refractivity contribution in [2.45, 2.75) is 37.3 Å². The molecule has 2 rings (SSSR count). The summed E-state index contributed by atoms with van der Waals surface area (Å²) >= 11 is 3.16. The van der Waals surface area contributed by atoms with E-state index in [-0.39, 0.29) is 15.7 Å². The quantitative estimate of drug-likeness (QED) is 0.847. The van der Waals surface area contributed by atoms with Crippen LogP contribution in [0.5, 0.6) is 0 Å². The van der Waals surface area contributed by atoms with Crippen LogP contribution >= 0.6 is 15.9 Å². The van der Waals surface area contributed by atoms with Crippen LogP contribution in [-0.2, 0) is 17.1 Å². The van der Waals surface area contributed by atoms with E-state index in [0.717, 1.165) is 19.3 Å². The summed E-state index contributed by atoms with van der Waals surface area (Å²) in [5.74, 6) is 0.545. The summed E-state index contributed by atoms with van der Waals surface area (Å²) in [4.78, 5) is 0. The molecule has 9 heteroatoms. The molecule has 2 heterocycles. The lowest BCUT2D eigenvalue weighted by atomic mass is 9.90. The van der Waals surface area contributed by atoms with Crippen LogP contribution in [0.3, 0.4) is 0 Å². The minimum atomic E-state index is -3.63. The highest BCUT2D eigenvalue weighted by Gasteiger charge is 2.38. The molecule has 1 aromatic rings. The monoisotopic (exact) mass is 365 g/mol. The largest absolute Gasteiger partial charge is 0.329 e. The van der Waals surface area contributed by atoms with E-state index in [1.165, 1.54) is 8.99 Å². The fourth-order valence-corrected chi connectivity index (χ4v) is 5.42. The number of halogens is 1. The fourth-order valence-electron chi connectivity index (χ4n) is 2.72. The van der Waals surface area contributed by atoms with Gasteiger partial charge in [-0.1, -0.05) is 18.6 Å². The SMILES string of the molecule is CCC1CCN(S(=O)(=O)c2c(Br)nnn2C)C(CN)C1. The van der Waals surface area contributed by atoms with Crippen LogP contribution in [-0.4, -0.2) is 46.8 Å². The van der Waals surface area contributed by atoms with E-state index in [1.807, 2.05) is 0 Å². The molecule has 0 radical (unpaired) electrons. The van der Waals surface area contributed by atoms with Gasteiger partial charge in [-0.15, -0.1) is 5.10 Å². The van der Waals surface area contributed by atoms with Crippen molar-refractivity contribution in [1.82, 2.24) is 19.3 Å². The van der Waals surface area contributed by atoms with Gasteiger partial charge in [0.15, 0.2) is 4.60 Å². The maximum Gasteiger partial charge on any atom is 0.263 e. The molecular weight excluding hydrogens is 346 g/mol. The van der Waals surface area contributed by atoms with Gasteiger partial charge in [0.1, 0.15) is 0 Å². The maximum absolute atomic E-state index is 12.8. The van der Waals surface area contributed by atoms with Crippen molar-refractivity contribution in [2.75, 3.05) is 13.1 Å². The summed E-state index contributed by atoms with van der Waals surface area (Å²) in [5, 5.41) is 7.58. The molecule has 7 nitrogen and oxygen atoms in total. The van der Waals surface area contributed by atoms with Crippen LogP contribution in [0.4, 0.5) is 0 Å². The van der Waals surface area contributed by atoms with Crippen molar-refractivity contribution in [3.8, 4) is 0 Å². The Balaban J connectivity index is 2.34. The number of hydrogen-bond acceptors (Lipinski definition) is 5. The Hall–Kier alpha value is -0.510. The van der Waals surface area contributed by atoms with E-state index < -0.39 is 10.0 Å². The highest BCUT2D eigenvalue weighted by molar-refractivity contribution is 9.10. The molecule has 1 aliphatic rings. The van der Waals surface area contributed by atoms with Gasteiger partial charge in [0, 0.05) is 26.2 Å². The van der Waals surface area contributed by atoms with E-state index in [2.05, 4.69) is 33.2 Å². The number of aromatic nitrogens is 3. The van der Waals surface area contributed by atoms with Gasteiger partial charge in [-0.05, 0) is 34.7 Å². The standard InChI is InChI=1S/C11H20BrN5O2S/c1-3-8-4-5-17(9(6-8)7-13)20(18,19)11-10(12)14-15-16(11)2/h8-9H,3-7,13H2,1-2H3. The summed E-state index contributed by atoms with van der Waals surface area (Å²) in [6, 6.07) is -0.152. The Morgan fingerprint density at radius 1 is 1.50 bits per heavy atom. The Labute approximate surface area is 127 Å². The number of nitrogens with two attached hydrogens (primary N) is 1. The first-order chi connectivity index (χ1) is 9.41. The lowest BCUT2D eigenvalue weighted by molar-refractivity contribution is 0.197. The van der Waals surface area contributed by atoms with Crippen LogP contribution < -0.4 is 5.73 Å². The van der Waals surface area contributed by atoms with Crippen molar-refractivity contribution in [3.05, 3.63) is 4.60 Å². The number of sulfonamides is 1. The molecule has 0 aromatic carbocycles. The number of rotatable bonds is 4. The molecule has 2 unspecified atom stereocenters. The molecule has 0 bridgehead atoms.